The van der Waals surface area contributed by atoms with E-state index in [0.717, 1.165) is 6.29 Å². The van der Waals surface area contributed by atoms with Crippen molar-refractivity contribution in [2.45, 2.75) is 19.9 Å². The Balaban J connectivity index is 2.22. The van der Waals surface area contributed by atoms with Crippen LogP contribution in [-0.4, -0.2) is 21.1 Å². The molecule has 17 heavy (non-hydrogen) atoms. The average molecular weight is 231 g/mol. The maximum Gasteiger partial charge on any atom is 0.229 e. The predicted molar refractivity (Wildman–Crippen MR) is 62.3 cm³/mol. The summed E-state index contributed by atoms with van der Waals surface area (Å²) in [5, 5.41) is 4.14. The summed E-state index contributed by atoms with van der Waals surface area (Å²) >= 11 is 0. The van der Waals surface area contributed by atoms with Crippen molar-refractivity contribution in [3.63, 3.8) is 0 Å². The molecule has 2 aromatic heterocycles. The van der Waals surface area contributed by atoms with E-state index in [0.29, 0.717) is 17.2 Å². The first-order chi connectivity index (χ1) is 8.20. The van der Waals surface area contributed by atoms with Gasteiger partial charge in [-0.25, -0.2) is 4.98 Å². The number of rotatable bonds is 4. The minimum atomic E-state index is 0.265. The maximum atomic E-state index is 10.8. The van der Waals surface area contributed by atoms with Crippen LogP contribution in [0.25, 0.3) is 0 Å². The van der Waals surface area contributed by atoms with Gasteiger partial charge in [-0.1, -0.05) is 0 Å². The fourth-order valence-corrected chi connectivity index (χ4v) is 1.35. The summed E-state index contributed by atoms with van der Waals surface area (Å²) in [6.07, 6.45) is 5.67. The van der Waals surface area contributed by atoms with E-state index in [1.807, 2.05) is 13.8 Å². The molecule has 88 valence electrons. The number of aldehydes is 1. The van der Waals surface area contributed by atoms with Gasteiger partial charge in [-0.05, 0) is 26.0 Å². The van der Waals surface area contributed by atoms with E-state index < -0.39 is 0 Å². The molecule has 0 fully saturated rings. The molecule has 2 aromatic rings. The van der Waals surface area contributed by atoms with Crippen LogP contribution in [0.1, 0.15) is 30.2 Å². The number of ether oxygens (including phenoxy) is 1. The fourth-order valence-electron chi connectivity index (χ4n) is 1.35. The van der Waals surface area contributed by atoms with Gasteiger partial charge < -0.3 is 4.74 Å². The molecular formula is C12H13N3O2. The number of aromatic nitrogens is 3. The molecule has 0 saturated heterocycles. The van der Waals surface area contributed by atoms with E-state index in [1.165, 1.54) is 0 Å². The highest BCUT2D eigenvalue weighted by Gasteiger charge is 2.07. The second-order valence-corrected chi connectivity index (χ2v) is 3.87. The first-order valence-electron chi connectivity index (χ1n) is 5.33. The van der Waals surface area contributed by atoms with Crippen LogP contribution in [0, 0.1) is 0 Å². The molecule has 0 aliphatic heterocycles. The summed E-state index contributed by atoms with van der Waals surface area (Å²) in [6, 6.07) is 3.61. The van der Waals surface area contributed by atoms with Gasteiger partial charge in [0.05, 0.1) is 18.0 Å². The average Bonchev–Trinajstić information content (AvgIpc) is 2.78. The topological polar surface area (TPSA) is 57.0 Å². The summed E-state index contributed by atoms with van der Waals surface area (Å²) in [5.74, 6) is 0.867. The standard InChI is InChI=1S/C12H13N3O2/c1-9(2)15-7-11(6-14-15)17-12-10(8-16)4-3-5-13-12/h3-9H,1-2H3. The zero-order chi connectivity index (χ0) is 12.3. The van der Waals surface area contributed by atoms with Crippen molar-refractivity contribution in [3.8, 4) is 11.6 Å². The summed E-state index contributed by atoms with van der Waals surface area (Å²) < 4.78 is 7.28. The van der Waals surface area contributed by atoms with Crippen molar-refractivity contribution in [2.75, 3.05) is 0 Å². The van der Waals surface area contributed by atoms with Crippen LogP contribution in [0.3, 0.4) is 0 Å². The van der Waals surface area contributed by atoms with E-state index in [2.05, 4.69) is 10.1 Å². The molecule has 0 amide bonds. The molecule has 0 radical (unpaired) electrons. The lowest BCUT2D eigenvalue weighted by atomic mass is 10.3. The fraction of sp³-hybridized carbons (Fsp3) is 0.250. The monoisotopic (exact) mass is 231 g/mol. The van der Waals surface area contributed by atoms with E-state index in [4.69, 9.17) is 4.74 Å². The molecule has 0 aromatic carbocycles. The summed E-state index contributed by atoms with van der Waals surface area (Å²) in [7, 11) is 0. The number of hydrogen-bond donors (Lipinski definition) is 0. The third kappa shape index (κ3) is 2.50. The van der Waals surface area contributed by atoms with Crippen LogP contribution in [0.4, 0.5) is 0 Å². The number of carbonyl (C=O) groups is 1. The third-order valence-corrected chi connectivity index (χ3v) is 2.25. The molecule has 0 unspecified atom stereocenters. The molecule has 5 nitrogen and oxygen atoms in total. The van der Waals surface area contributed by atoms with Crippen molar-refractivity contribution in [3.05, 3.63) is 36.3 Å². The minimum absolute atomic E-state index is 0.265. The van der Waals surface area contributed by atoms with E-state index in [9.17, 15) is 4.79 Å². The zero-order valence-corrected chi connectivity index (χ0v) is 9.70. The quantitative estimate of drug-likeness (QED) is 0.758. The van der Waals surface area contributed by atoms with Crippen molar-refractivity contribution in [2.24, 2.45) is 0 Å². The lowest BCUT2D eigenvalue weighted by Gasteiger charge is -2.04. The minimum Gasteiger partial charge on any atom is -0.435 e. The SMILES string of the molecule is CC(C)n1cc(Oc2ncccc2C=O)cn1. The Bertz CT molecular complexity index is 520. The van der Waals surface area contributed by atoms with Crippen molar-refractivity contribution < 1.29 is 9.53 Å². The van der Waals surface area contributed by atoms with Gasteiger partial charge in [-0.3, -0.25) is 9.48 Å². The number of pyridine rings is 1. The Kier molecular flexibility index (Phi) is 3.18. The smallest absolute Gasteiger partial charge is 0.229 e. The van der Waals surface area contributed by atoms with Gasteiger partial charge >= 0.3 is 0 Å². The van der Waals surface area contributed by atoms with Crippen molar-refractivity contribution in [1.29, 1.82) is 0 Å². The third-order valence-electron chi connectivity index (χ3n) is 2.25. The highest BCUT2D eigenvalue weighted by atomic mass is 16.5. The molecular weight excluding hydrogens is 218 g/mol. The molecule has 0 atom stereocenters. The molecule has 2 rings (SSSR count). The predicted octanol–water partition coefficient (Wildman–Crippen LogP) is 2.46. The normalized spacial score (nSPS) is 10.5. The number of nitrogens with zero attached hydrogens (tertiary/aromatic N) is 3. The van der Waals surface area contributed by atoms with Gasteiger partial charge in [0.1, 0.15) is 0 Å². The lowest BCUT2D eigenvalue weighted by Crippen LogP contribution is -1.99. The molecule has 0 aliphatic rings. The Labute approximate surface area is 99.1 Å². The van der Waals surface area contributed by atoms with Gasteiger partial charge in [0.15, 0.2) is 12.0 Å². The largest absolute Gasteiger partial charge is 0.435 e. The van der Waals surface area contributed by atoms with Crippen LogP contribution in [-0.2, 0) is 0 Å². The first kappa shape index (κ1) is 11.3. The Hall–Kier alpha value is -2.17. The molecule has 2 heterocycles. The number of carbonyl (C=O) groups excluding carboxylic acids is 1. The molecule has 0 N–H and O–H groups in total. The Morgan fingerprint density at radius 3 is 2.94 bits per heavy atom. The second kappa shape index (κ2) is 4.78. The van der Waals surface area contributed by atoms with Gasteiger partial charge in [-0.15, -0.1) is 0 Å². The van der Waals surface area contributed by atoms with Crippen LogP contribution in [0.5, 0.6) is 11.6 Å². The summed E-state index contributed by atoms with van der Waals surface area (Å²) in [6.45, 7) is 4.04. The van der Waals surface area contributed by atoms with E-state index >= 15 is 0 Å². The lowest BCUT2D eigenvalue weighted by molar-refractivity contribution is 0.112. The van der Waals surface area contributed by atoms with Gasteiger partial charge in [0, 0.05) is 12.2 Å². The molecule has 0 saturated carbocycles. The van der Waals surface area contributed by atoms with Crippen molar-refractivity contribution >= 4 is 6.29 Å². The second-order valence-electron chi connectivity index (χ2n) is 3.87. The van der Waals surface area contributed by atoms with E-state index in [1.54, 1.807) is 35.4 Å². The highest BCUT2D eigenvalue weighted by Crippen LogP contribution is 2.21. The van der Waals surface area contributed by atoms with Crippen LogP contribution in [0.2, 0.25) is 0 Å². The van der Waals surface area contributed by atoms with Gasteiger partial charge in [0.25, 0.3) is 0 Å². The van der Waals surface area contributed by atoms with Gasteiger partial charge in [-0.2, -0.15) is 5.10 Å². The van der Waals surface area contributed by atoms with Crippen molar-refractivity contribution in [1.82, 2.24) is 14.8 Å². The molecule has 5 heteroatoms. The highest BCUT2D eigenvalue weighted by molar-refractivity contribution is 5.78. The van der Waals surface area contributed by atoms with Crippen LogP contribution in [0.15, 0.2) is 30.7 Å². The first-order valence-corrected chi connectivity index (χ1v) is 5.33. The van der Waals surface area contributed by atoms with E-state index in [-0.39, 0.29) is 6.04 Å². The molecule has 0 spiro atoms. The number of hydrogen-bond acceptors (Lipinski definition) is 4. The Morgan fingerprint density at radius 1 is 1.47 bits per heavy atom. The summed E-state index contributed by atoms with van der Waals surface area (Å²) in [4.78, 5) is 14.8. The maximum absolute atomic E-state index is 10.8. The molecule has 0 aliphatic carbocycles. The van der Waals surface area contributed by atoms with Crippen LogP contribution >= 0.6 is 0 Å². The van der Waals surface area contributed by atoms with Crippen LogP contribution < -0.4 is 4.74 Å². The zero-order valence-electron chi connectivity index (χ0n) is 9.70. The van der Waals surface area contributed by atoms with Gasteiger partial charge in [0.2, 0.25) is 5.88 Å². The molecule has 0 bridgehead atoms. The Morgan fingerprint density at radius 2 is 2.29 bits per heavy atom. The summed E-state index contributed by atoms with van der Waals surface area (Å²) in [5.41, 5.74) is 0.421.